The van der Waals surface area contributed by atoms with Crippen LogP contribution in [0.5, 0.6) is 0 Å². The molecule has 0 aliphatic heterocycles. The number of carboxylic acid groups (broad SMARTS) is 1. The van der Waals surface area contributed by atoms with Crippen molar-refractivity contribution in [3.05, 3.63) is 34.4 Å². The van der Waals surface area contributed by atoms with Gasteiger partial charge in [-0.3, -0.25) is 0 Å². The highest BCUT2D eigenvalue weighted by Crippen LogP contribution is 2.20. The standard InChI is InChI=1S/C9H6ClN3O2S/c10-5-1-2-7(11-3-5)13-9-12-6(4-16-9)8(14)15/h1-4H,(H,14,15)(H,11,12,13). The van der Waals surface area contributed by atoms with Gasteiger partial charge in [-0.2, -0.15) is 0 Å². The number of hydrogen-bond donors (Lipinski definition) is 2. The topological polar surface area (TPSA) is 75.1 Å². The lowest BCUT2D eigenvalue weighted by molar-refractivity contribution is 0.0691. The molecule has 0 amide bonds. The van der Waals surface area contributed by atoms with E-state index < -0.39 is 5.97 Å². The first-order chi connectivity index (χ1) is 7.65. The van der Waals surface area contributed by atoms with E-state index in [-0.39, 0.29) is 5.69 Å². The first-order valence-corrected chi connectivity index (χ1v) is 5.48. The van der Waals surface area contributed by atoms with Crippen LogP contribution in [0, 0.1) is 0 Å². The van der Waals surface area contributed by atoms with Crippen LogP contribution in [-0.4, -0.2) is 21.0 Å². The lowest BCUT2D eigenvalue weighted by atomic mass is 10.5. The van der Waals surface area contributed by atoms with Crippen LogP contribution >= 0.6 is 22.9 Å². The fourth-order valence-electron chi connectivity index (χ4n) is 0.989. The monoisotopic (exact) mass is 255 g/mol. The van der Waals surface area contributed by atoms with Gasteiger partial charge in [0, 0.05) is 11.6 Å². The van der Waals surface area contributed by atoms with E-state index in [1.54, 1.807) is 12.1 Å². The Morgan fingerprint density at radius 3 is 2.88 bits per heavy atom. The summed E-state index contributed by atoms with van der Waals surface area (Å²) in [4.78, 5) is 18.5. The number of rotatable bonds is 3. The van der Waals surface area contributed by atoms with Crippen molar-refractivity contribution in [2.24, 2.45) is 0 Å². The molecule has 0 atom stereocenters. The normalized spacial score (nSPS) is 10.1. The molecule has 2 aromatic rings. The van der Waals surface area contributed by atoms with Crippen LogP contribution < -0.4 is 5.32 Å². The van der Waals surface area contributed by atoms with Crippen LogP contribution in [0.15, 0.2) is 23.7 Å². The zero-order valence-electron chi connectivity index (χ0n) is 7.85. The maximum Gasteiger partial charge on any atom is 0.355 e. The van der Waals surface area contributed by atoms with E-state index in [1.807, 2.05) is 0 Å². The minimum absolute atomic E-state index is 0.0152. The Kier molecular flexibility index (Phi) is 3.02. The highest BCUT2D eigenvalue weighted by atomic mass is 35.5. The van der Waals surface area contributed by atoms with Crippen molar-refractivity contribution in [3.8, 4) is 0 Å². The summed E-state index contributed by atoms with van der Waals surface area (Å²) in [7, 11) is 0. The number of hydrogen-bond acceptors (Lipinski definition) is 5. The second kappa shape index (κ2) is 4.46. The highest BCUT2D eigenvalue weighted by molar-refractivity contribution is 7.14. The first kappa shape index (κ1) is 10.8. The molecule has 2 aromatic heterocycles. The molecule has 2 rings (SSSR count). The van der Waals surface area contributed by atoms with Crippen molar-refractivity contribution in [1.29, 1.82) is 0 Å². The summed E-state index contributed by atoms with van der Waals surface area (Å²) in [6, 6.07) is 3.37. The predicted molar refractivity (Wildman–Crippen MR) is 61.6 cm³/mol. The number of thiazole rings is 1. The lowest BCUT2D eigenvalue weighted by Crippen LogP contribution is -1.97. The summed E-state index contributed by atoms with van der Waals surface area (Å²) in [5, 5.41) is 14.0. The summed E-state index contributed by atoms with van der Waals surface area (Å²) >= 11 is 6.88. The van der Waals surface area contributed by atoms with E-state index in [4.69, 9.17) is 16.7 Å². The third-order valence-corrected chi connectivity index (χ3v) is 2.67. The number of aromatic nitrogens is 2. The maximum atomic E-state index is 10.6. The molecule has 0 aromatic carbocycles. The fourth-order valence-corrected chi connectivity index (χ4v) is 1.79. The molecule has 2 heterocycles. The van der Waals surface area contributed by atoms with Crippen LogP contribution in [0.1, 0.15) is 10.5 Å². The number of halogens is 1. The van der Waals surface area contributed by atoms with E-state index >= 15 is 0 Å². The molecule has 0 aliphatic carbocycles. The molecule has 0 aliphatic rings. The van der Waals surface area contributed by atoms with Crippen LogP contribution in [0.3, 0.4) is 0 Å². The summed E-state index contributed by atoms with van der Waals surface area (Å²) in [6.45, 7) is 0. The Bertz CT molecular complexity index is 512. The second-order valence-corrected chi connectivity index (χ2v) is 4.12. The van der Waals surface area contributed by atoms with Crippen molar-refractivity contribution in [2.45, 2.75) is 0 Å². The number of nitrogens with zero attached hydrogens (tertiary/aromatic N) is 2. The average molecular weight is 256 g/mol. The summed E-state index contributed by atoms with van der Waals surface area (Å²) in [5.41, 5.74) is 0.0152. The van der Waals surface area contributed by atoms with Gasteiger partial charge in [0.1, 0.15) is 5.82 Å². The van der Waals surface area contributed by atoms with Crippen LogP contribution in [0.4, 0.5) is 10.9 Å². The molecule has 82 valence electrons. The fraction of sp³-hybridized carbons (Fsp3) is 0. The molecular weight excluding hydrogens is 250 g/mol. The molecule has 0 fully saturated rings. The van der Waals surface area contributed by atoms with Gasteiger partial charge in [-0.25, -0.2) is 14.8 Å². The zero-order chi connectivity index (χ0) is 11.5. The van der Waals surface area contributed by atoms with E-state index in [0.29, 0.717) is 16.0 Å². The van der Waals surface area contributed by atoms with Gasteiger partial charge >= 0.3 is 5.97 Å². The van der Waals surface area contributed by atoms with Crippen LogP contribution in [0.2, 0.25) is 5.02 Å². The number of anilines is 2. The van der Waals surface area contributed by atoms with Gasteiger partial charge in [0.15, 0.2) is 10.8 Å². The Labute approximate surface area is 99.7 Å². The van der Waals surface area contributed by atoms with Gasteiger partial charge in [-0.15, -0.1) is 11.3 Å². The molecule has 0 saturated heterocycles. The summed E-state index contributed by atoms with van der Waals surface area (Å²) in [6.07, 6.45) is 1.50. The second-order valence-electron chi connectivity index (χ2n) is 2.83. The number of carbonyl (C=O) groups is 1. The zero-order valence-corrected chi connectivity index (χ0v) is 9.42. The van der Waals surface area contributed by atoms with Crippen molar-refractivity contribution < 1.29 is 9.90 Å². The van der Waals surface area contributed by atoms with Gasteiger partial charge in [0.2, 0.25) is 0 Å². The minimum Gasteiger partial charge on any atom is -0.476 e. The highest BCUT2D eigenvalue weighted by Gasteiger charge is 2.08. The van der Waals surface area contributed by atoms with Gasteiger partial charge < -0.3 is 10.4 Å². The van der Waals surface area contributed by atoms with Crippen LogP contribution in [-0.2, 0) is 0 Å². The van der Waals surface area contributed by atoms with Crippen molar-refractivity contribution >= 4 is 39.9 Å². The van der Waals surface area contributed by atoms with Gasteiger partial charge in [0.25, 0.3) is 0 Å². The third-order valence-electron chi connectivity index (χ3n) is 1.69. The molecule has 0 unspecified atom stereocenters. The maximum absolute atomic E-state index is 10.6. The molecule has 7 heteroatoms. The number of aromatic carboxylic acids is 1. The van der Waals surface area contributed by atoms with Crippen molar-refractivity contribution in [2.75, 3.05) is 5.32 Å². The van der Waals surface area contributed by atoms with Crippen molar-refractivity contribution in [3.63, 3.8) is 0 Å². The molecule has 16 heavy (non-hydrogen) atoms. The third kappa shape index (κ3) is 2.47. The van der Waals surface area contributed by atoms with Crippen LogP contribution in [0.25, 0.3) is 0 Å². The molecule has 0 radical (unpaired) electrons. The molecule has 0 spiro atoms. The average Bonchev–Trinajstić information content (AvgIpc) is 2.70. The van der Waals surface area contributed by atoms with E-state index in [1.165, 1.54) is 22.9 Å². The van der Waals surface area contributed by atoms with E-state index in [0.717, 1.165) is 0 Å². The quantitative estimate of drug-likeness (QED) is 0.882. The van der Waals surface area contributed by atoms with Gasteiger partial charge in [0.05, 0.1) is 5.02 Å². The SMILES string of the molecule is O=C(O)c1csc(Nc2ccc(Cl)cn2)n1. The number of nitrogens with one attached hydrogen (secondary N) is 1. The lowest BCUT2D eigenvalue weighted by Gasteiger charge is -2.00. The Morgan fingerprint density at radius 2 is 2.31 bits per heavy atom. The van der Waals surface area contributed by atoms with Crippen molar-refractivity contribution in [1.82, 2.24) is 9.97 Å². The summed E-state index contributed by atoms with van der Waals surface area (Å²) < 4.78 is 0. The smallest absolute Gasteiger partial charge is 0.355 e. The molecule has 0 bridgehead atoms. The van der Waals surface area contributed by atoms with E-state index in [2.05, 4.69) is 15.3 Å². The van der Waals surface area contributed by atoms with Gasteiger partial charge in [-0.05, 0) is 12.1 Å². The molecule has 0 saturated carbocycles. The molecule has 2 N–H and O–H groups in total. The Hall–Kier alpha value is -1.66. The van der Waals surface area contributed by atoms with E-state index in [9.17, 15) is 4.79 Å². The largest absolute Gasteiger partial charge is 0.476 e. The molecular formula is C9H6ClN3O2S. The van der Waals surface area contributed by atoms with Gasteiger partial charge in [-0.1, -0.05) is 11.6 Å². The Balaban J connectivity index is 2.14. The number of carboxylic acids is 1. The summed E-state index contributed by atoms with van der Waals surface area (Å²) in [5.74, 6) is -0.482. The first-order valence-electron chi connectivity index (χ1n) is 4.22. The predicted octanol–water partition coefficient (Wildman–Crippen LogP) is 2.63. The number of pyridine rings is 1. The molecule has 5 nitrogen and oxygen atoms in total. The Morgan fingerprint density at radius 1 is 1.50 bits per heavy atom. The minimum atomic E-state index is -1.05.